The van der Waals surface area contributed by atoms with Crippen molar-refractivity contribution in [3.63, 3.8) is 0 Å². The minimum atomic E-state index is -0.397. The smallest absolute Gasteiger partial charge is 0.262 e. The maximum atomic E-state index is 13.1. The first-order valence-electron chi connectivity index (χ1n) is 12.6. The molecule has 0 spiro atoms. The molecule has 0 radical (unpaired) electrons. The number of thiophene rings is 1. The van der Waals surface area contributed by atoms with Crippen molar-refractivity contribution in [3.8, 4) is 11.5 Å². The van der Waals surface area contributed by atoms with Crippen LogP contribution in [0.3, 0.4) is 0 Å². The number of nitrogens with one attached hydrogen (secondary N) is 1. The molecule has 0 saturated carbocycles. The number of fused-ring (bicyclic) bond motifs is 3. The highest BCUT2D eigenvalue weighted by Gasteiger charge is 2.23. The number of aryl methyl sites for hydroxylation is 1. The largest absolute Gasteiger partial charge is 0.493 e. The maximum absolute atomic E-state index is 13.1. The summed E-state index contributed by atoms with van der Waals surface area (Å²) < 4.78 is 12.6. The van der Waals surface area contributed by atoms with Crippen molar-refractivity contribution < 1.29 is 14.3 Å². The average Bonchev–Trinajstić information content (AvgIpc) is 3.24. The molecule has 3 aromatic rings. The van der Waals surface area contributed by atoms with Crippen LogP contribution >= 0.6 is 11.3 Å². The van der Waals surface area contributed by atoms with Crippen LogP contribution < -0.4 is 20.5 Å². The molecule has 1 aliphatic rings. The van der Waals surface area contributed by atoms with Crippen LogP contribution in [0.5, 0.6) is 11.5 Å². The molecule has 8 nitrogen and oxygen atoms in total. The first-order valence-corrected chi connectivity index (χ1v) is 13.4. The van der Waals surface area contributed by atoms with Gasteiger partial charge in [0.25, 0.3) is 11.5 Å². The third-order valence-corrected chi connectivity index (χ3v) is 7.60. The summed E-state index contributed by atoms with van der Waals surface area (Å²) in [5.41, 5.74) is 4.20. The molecule has 1 amide bonds. The molecule has 36 heavy (non-hydrogen) atoms. The first-order chi connectivity index (χ1) is 17.5. The van der Waals surface area contributed by atoms with Crippen molar-refractivity contribution in [3.05, 3.63) is 50.9 Å². The Bertz CT molecular complexity index is 1300. The lowest BCUT2D eigenvalue weighted by atomic mass is 9.89. The first kappa shape index (κ1) is 25.9. The molecule has 9 heteroatoms. The van der Waals surface area contributed by atoms with Crippen molar-refractivity contribution in [2.45, 2.75) is 65.3 Å². The van der Waals surface area contributed by atoms with Crippen LogP contribution in [0.2, 0.25) is 0 Å². The van der Waals surface area contributed by atoms with Gasteiger partial charge in [0.15, 0.2) is 11.5 Å². The van der Waals surface area contributed by atoms with Gasteiger partial charge >= 0.3 is 0 Å². The van der Waals surface area contributed by atoms with E-state index in [4.69, 9.17) is 9.47 Å². The summed E-state index contributed by atoms with van der Waals surface area (Å²) in [5.74, 6) is 1.52. The van der Waals surface area contributed by atoms with Crippen LogP contribution in [-0.4, -0.2) is 35.4 Å². The molecule has 1 unspecified atom stereocenters. The number of methoxy groups -OCH3 is 1. The second-order valence-corrected chi connectivity index (χ2v) is 10.4. The predicted molar refractivity (Wildman–Crippen MR) is 143 cm³/mol. The molecule has 2 aromatic heterocycles. The molecule has 2 heterocycles. The minimum absolute atomic E-state index is 0.145. The monoisotopic (exact) mass is 510 g/mol. The highest BCUT2D eigenvalue weighted by Crippen LogP contribution is 2.35. The van der Waals surface area contributed by atoms with Gasteiger partial charge in [0.05, 0.1) is 31.6 Å². The van der Waals surface area contributed by atoms with Crippen LogP contribution in [-0.2, 0) is 24.2 Å². The van der Waals surface area contributed by atoms with Crippen molar-refractivity contribution >= 4 is 33.7 Å². The van der Waals surface area contributed by atoms with Gasteiger partial charge in [-0.25, -0.2) is 10.4 Å². The van der Waals surface area contributed by atoms with Crippen LogP contribution in [0, 0.1) is 5.92 Å². The highest BCUT2D eigenvalue weighted by molar-refractivity contribution is 7.18. The number of carbonyl (C=O) groups excluding carboxylic acids is 1. The molecule has 0 bridgehead atoms. The van der Waals surface area contributed by atoms with E-state index in [0.29, 0.717) is 29.4 Å². The van der Waals surface area contributed by atoms with Gasteiger partial charge in [-0.1, -0.05) is 33.1 Å². The van der Waals surface area contributed by atoms with Gasteiger partial charge in [0, 0.05) is 4.88 Å². The van der Waals surface area contributed by atoms with E-state index in [-0.39, 0.29) is 12.1 Å². The number of hydrogen-bond acceptors (Lipinski definition) is 7. The third kappa shape index (κ3) is 6.13. The fourth-order valence-electron chi connectivity index (χ4n) is 4.44. The summed E-state index contributed by atoms with van der Waals surface area (Å²) in [6.45, 7) is 4.92. The lowest BCUT2D eigenvalue weighted by Crippen LogP contribution is -2.30. The van der Waals surface area contributed by atoms with Crippen LogP contribution in [0.25, 0.3) is 10.2 Å². The second-order valence-electron chi connectivity index (χ2n) is 9.32. The van der Waals surface area contributed by atoms with Crippen LogP contribution in [0.15, 0.2) is 34.4 Å². The van der Waals surface area contributed by atoms with E-state index < -0.39 is 5.91 Å². The number of aromatic nitrogens is 2. The summed E-state index contributed by atoms with van der Waals surface area (Å²) in [4.78, 5) is 32.0. The zero-order valence-corrected chi connectivity index (χ0v) is 22.0. The molecule has 1 N–H and O–H groups in total. The molecule has 0 saturated heterocycles. The summed E-state index contributed by atoms with van der Waals surface area (Å²) in [7, 11) is 1.59. The Morgan fingerprint density at radius 1 is 1.31 bits per heavy atom. The van der Waals surface area contributed by atoms with E-state index in [1.807, 2.05) is 12.1 Å². The lowest BCUT2D eigenvalue weighted by Gasteiger charge is -2.17. The fraction of sp³-hybridized carbons (Fsp3) is 0.481. The maximum Gasteiger partial charge on any atom is 0.262 e. The van der Waals surface area contributed by atoms with Gasteiger partial charge < -0.3 is 9.47 Å². The highest BCUT2D eigenvalue weighted by atomic mass is 32.1. The molecule has 1 atom stereocenters. The summed E-state index contributed by atoms with van der Waals surface area (Å²) in [6, 6.07) is 5.49. The molecule has 1 aromatic carbocycles. The molecule has 0 fully saturated rings. The number of hydrazone groups is 1. The molecular weight excluding hydrogens is 476 g/mol. The third-order valence-electron chi connectivity index (χ3n) is 6.44. The van der Waals surface area contributed by atoms with E-state index in [1.165, 1.54) is 34.8 Å². The van der Waals surface area contributed by atoms with Gasteiger partial charge in [0.1, 0.15) is 11.4 Å². The summed E-state index contributed by atoms with van der Waals surface area (Å²) >= 11 is 1.60. The van der Waals surface area contributed by atoms with E-state index in [1.54, 1.807) is 24.5 Å². The Morgan fingerprint density at radius 2 is 2.17 bits per heavy atom. The quantitative estimate of drug-likeness (QED) is 0.229. The number of unbranched alkanes of at least 4 members (excludes halogenated alkanes) is 3. The molecule has 0 aliphatic heterocycles. The zero-order valence-electron chi connectivity index (χ0n) is 21.2. The van der Waals surface area contributed by atoms with Crippen molar-refractivity contribution in [2.75, 3.05) is 13.7 Å². The average molecular weight is 511 g/mol. The Kier molecular flexibility index (Phi) is 8.74. The number of carbonyl (C=O) groups is 1. The number of amides is 1. The van der Waals surface area contributed by atoms with Gasteiger partial charge in [-0.2, -0.15) is 5.10 Å². The molecule has 192 valence electrons. The van der Waals surface area contributed by atoms with Gasteiger partial charge in [-0.3, -0.25) is 14.2 Å². The van der Waals surface area contributed by atoms with E-state index in [0.717, 1.165) is 48.1 Å². The second kappa shape index (κ2) is 12.2. The van der Waals surface area contributed by atoms with Crippen molar-refractivity contribution in [1.82, 2.24) is 15.0 Å². The van der Waals surface area contributed by atoms with Gasteiger partial charge in [0.2, 0.25) is 0 Å². The Hall–Kier alpha value is -3.20. The normalized spacial score (nSPS) is 15.2. The number of ether oxygens (including phenoxy) is 2. The van der Waals surface area contributed by atoms with Crippen molar-refractivity contribution in [1.29, 1.82) is 0 Å². The topological polar surface area (TPSA) is 94.8 Å². The number of benzene rings is 1. The van der Waals surface area contributed by atoms with E-state index in [9.17, 15) is 9.59 Å². The molecular formula is C27H34N4O4S. The Balaban J connectivity index is 1.36. The molecule has 4 rings (SSSR count). The lowest BCUT2D eigenvalue weighted by molar-refractivity contribution is -0.121. The Morgan fingerprint density at radius 3 is 2.97 bits per heavy atom. The van der Waals surface area contributed by atoms with Crippen LogP contribution in [0.1, 0.15) is 62.0 Å². The van der Waals surface area contributed by atoms with Crippen molar-refractivity contribution in [2.24, 2.45) is 11.0 Å². The van der Waals surface area contributed by atoms with Gasteiger partial charge in [-0.05, 0) is 60.9 Å². The van der Waals surface area contributed by atoms with Crippen LogP contribution in [0.4, 0.5) is 0 Å². The number of nitrogens with zero attached hydrogens (tertiary/aromatic N) is 3. The Labute approximate surface area is 215 Å². The minimum Gasteiger partial charge on any atom is -0.493 e. The standard InChI is InChI=1S/C27H34N4O4S/c1-4-5-6-7-12-35-21-11-9-19(14-22(21)34-3)15-29-30-24(32)16-31-17-28-26-25(27(31)33)20-10-8-18(2)13-23(20)36-26/h9,11,14-15,17-18H,4-8,10,12-13,16H2,1-3H3,(H,30,32). The molecule has 1 aliphatic carbocycles. The number of rotatable bonds is 11. The number of hydrogen-bond donors (Lipinski definition) is 1. The van der Waals surface area contributed by atoms with E-state index >= 15 is 0 Å². The van der Waals surface area contributed by atoms with E-state index in [2.05, 4.69) is 29.4 Å². The summed E-state index contributed by atoms with van der Waals surface area (Å²) in [5, 5.41) is 4.71. The fourth-order valence-corrected chi connectivity index (χ4v) is 5.78. The predicted octanol–water partition coefficient (Wildman–Crippen LogP) is 4.70. The SMILES string of the molecule is CCCCCCOc1ccc(C=NNC(=O)Cn2cnc3sc4c(c3c2=O)CCC(C)C4)cc1OC. The summed E-state index contributed by atoms with van der Waals surface area (Å²) in [6.07, 6.45) is 10.5. The van der Waals surface area contributed by atoms with Gasteiger partial charge in [-0.15, -0.1) is 11.3 Å². The zero-order chi connectivity index (χ0) is 25.5.